The van der Waals surface area contributed by atoms with Crippen LogP contribution in [0.4, 0.5) is 0 Å². The summed E-state index contributed by atoms with van der Waals surface area (Å²) in [7, 11) is 0. The molecule has 0 aromatic rings. The van der Waals surface area contributed by atoms with Crippen molar-refractivity contribution in [1.82, 2.24) is 4.90 Å². The molecule has 0 bridgehead atoms. The topological polar surface area (TPSA) is 29.3 Å². The van der Waals surface area contributed by atoms with Gasteiger partial charge < -0.3 is 10.6 Å². The van der Waals surface area contributed by atoms with Gasteiger partial charge >= 0.3 is 0 Å². The van der Waals surface area contributed by atoms with Crippen LogP contribution >= 0.6 is 0 Å². The summed E-state index contributed by atoms with van der Waals surface area (Å²) < 4.78 is 0. The van der Waals surface area contributed by atoms with E-state index in [9.17, 15) is 0 Å². The Morgan fingerprint density at radius 2 is 2.10 bits per heavy atom. The highest BCUT2D eigenvalue weighted by Crippen LogP contribution is 2.30. The first-order valence-electron chi connectivity index (χ1n) is 4.32. The third kappa shape index (κ3) is 1.50. The van der Waals surface area contributed by atoms with E-state index in [1.165, 1.54) is 32.4 Å². The van der Waals surface area contributed by atoms with Crippen LogP contribution in [0.15, 0.2) is 0 Å². The maximum Gasteiger partial charge on any atom is 0.0180 e. The third-order valence-corrected chi connectivity index (χ3v) is 2.52. The quantitative estimate of drug-likeness (QED) is 0.602. The maximum atomic E-state index is 5.78. The van der Waals surface area contributed by atoms with Crippen LogP contribution in [0.1, 0.15) is 19.3 Å². The van der Waals surface area contributed by atoms with Gasteiger partial charge in [0.25, 0.3) is 0 Å². The van der Waals surface area contributed by atoms with Gasteiger partial charge in [-0.1, -0.05) is 0 Å². The molecule has 1 saturated heterocycles. The summed E-state index contributed by atoms with van der Waals surface area (Å²) in [6.07, 6.45) is 4.14. The highest BCUT2D eigenvalue weighted by molar-refractivity contribution is 4.83. The van der Waals surface area contributed by atoms with Crippen molar-refractivity contribution in [3.63, 3.8) is 0 Å². The zero-order valence-electron chi connectivity index (χ0n) is 6.42. The Kier molecular flexibility index (Phi) is 1.66. The van der Waals surface area contributed by atoms with Crippen molar-refractivity contribution in [1.29, 1.82) is 0 Å². The number of rotatable bonds is 2. The fraction of sp³-hybridized carbons (Fsp3) is 1.00. The zero-order valence-corrected chi connectivity index (χ0v) is 6.42. The molecule has 0 radical (unpaired) electrons. The minimum atomic E-state index is 0.471. The Bertz CT molecular complexity index is 120. The lowest BCUT2D eigenvalue weighted by atomic mass is 10.3. The molecule has 2 N–H and O–H groups in total. The van der Waals surface area contributed by atoms with Gasteiger partial charge in [-0.3, -0.25) is 0 Å². The molecule has 2 aliphatic rings. The van der Waals surface area contributed by atoms with Crippen molar-refractivity contribution in [2.45, 2.75) is 25.3 Å². The van der Waals surface area contributed by atoms with Crippen LogP contribution in [0.2, 0.25) is 0 Å². The minimum absolute atomic E-state index is 0.471. The minimum Gasteiger partial charge on any atom is -0.326 e. The normalized spacial score (nSPS) is 35.1. The first-order valence-corrected chi connectivity index (χ1v) is 4.32. The summed E-state index contributed by atoms with van der Waals surface area (Å²) in [5.74, 6) is 1.03. The van der Waals surface area contributed by atoms with Crippen LogP contribution < -0.4 is 5.73 Å². The molecule has 1 unspecified atom stereocenters. The first kappa shape index (κ1) is 6.62. The number of hydrogen-bond donors (Lipinski definition) is 1. The molecular formula is C8H16N2. The predicted molar refractivity (Wildman–Crippen MR) is 41.8 cm³/mol. The zero-order chi connectivity index (χ0) is 6.97. The average Bonchev–Trinajstić information content (AvgIpc) is 2.59. The van der Waals surface area contributed by atoms with E-state index in [0.717, 1.165) is 12.5 Å². The molecule has 2 heteroatoms. The second kappa shape index (κ2) is 2.51. The largest absolute Gasteiger partial charge is 0.326 e. The molecule has 10 heavy (non-hydrogen) atoms. The van der Waals surface area contributed by atoms with E-state index in [1.54, 1.807) is 0 Å². The molecule has 0 spiro atoms. The fourth-order valence-electron chi connectivity index (χ4n) is 1.69. The highest BCUT2D eigenvalue weighted by Gasteiger charge is 2.27. The molecule has 0 amide bonds. The molecular weight excluding hydrogens is 124 g/mol. The molecule has 2 fully saturated rings. The molecule has 1 heterocycles. The monoisotopic (exact) mass is 140 g/mol. The lowest BCUT2D eigenvalue weighted by Gasteiger charge is -2.13. The summed E-state index contributed by atoms with van der Waals surface area (Å²) in [4.78, 5) is 2.52. The van der Waals surface area contributed by atoms with Gasteiger partial charge in [0.15, 0.2) is 0 Å². The van der Waals surface area contributed by atoms with Crippen LogP contribution in [-0.4, -0.2) is 30.6 Å². The van der Waals surface area contributed by atoms with E-state index in [0.29, 0.717) is 6.04 Å². The summed E-state index contributed by atoms with van der Waals surface area (Å²) in [5.41, 5.74) is 5.78. The number of nitrogens with two attached hydrogens (primary N) is 1. The smallest absolute Gasteiger partial charge is 0.0180 e. The van der Waals surface area contributed by atoms with Crippen molar-refractivity contribution in [3.05, 3.63) is 0 Å². The molecule has 1 aliphatic carbocycles. The number of hydrogen-bond acceptors (Lipinski definition) is 2. The molecule has 0 aromatic carbocycles. The van der Waals surface area contributed by atoms with E-state index in [2.05, 4.69) is 4.90 Å². The summed E-state index contributed by atoms with van der Waals surface area (Å²) in [5, 5.41) is 0. The van der Waals surface area contributed by atoms with Crippen LogP contribution in [0.3, 0.4) is 0 Å². The maximum absolute atomic E-state index is 5.78. The molecule has 58 valence electrons. The van der Waals surface area contributed by atoms with Gasteiger partial charge in [-0.05, 0) is 31.7 Å². The van der Waals surface area contributed by atoms with Crippen molar-refractivity contribution < 1.29 is 0 Å². The lowest BCUT2D eigenvalue weighted by molar-refractivity contribution is 0.320. The number of nitrogens with zero attached hydrogens (tertiary/aromatic N) is 1. The third-order valence-electron chi connectivity index (χ3n) is 2.52. The Labute approximate surface area is 62.4 Å². The van der Waals surface area contributed by atoms with Gasteiger partial charge in [-0.2, -0.15) is 0 Å². The number of likely N-dealkylation sites (tertiary alicyclic amines) is 1. The van der Waals surface area contributed by atoms with Gasteiger partial charge in [-0.15, -0.1) is 0 Å². The SMILES string of the molecule is NC1CCN(CC2CC2)C1. The second-order valence-corrected chi connectivity index (χ2v) is 3.75. The van der Waals surface area contributed by atoms with Crippen molar-refractivity contribution in [3.8, 4) is 0 Å². The van der Waals surface area contributed by atoms with Gasteiger partial charge in [0, 0.05) is 19.1 Å². The Morgan fingerprint density at radius 3 is 2.60 bits per heavy atom. The van der Waals surface area contributed by atoms with Crippen molar-refractivity contribution in [2.75, 3.05) is 19.6 Å². The van der Waals surface area contributed by atoms with E-state index in [4.69, 9.17) is 5.73 Å². The molecule has 2 nitrogen and oxygen atoms in total. The van der Waals surface area contributed by atoms with Crippen molar-refractivity contribution in [2.24, 2.45) is 11.7 Å². The molecule has 1 aliphatic heterocycles. The van der Waals surface area contributed by atoms with Crippen molar-refractivity contribution >= 4 is 0 Å². The molecule has 1 saturated carbocycles. The fourth-order valence-corrected chi connectivity index (χ4v) is 1.69. The van der Waals surface area contributed by atoms with Crippen LogP contribution in [0.25, 0.3) is 0 Å². The first-order chi connectivity index (χ1) is 4.84. The van der Waals surface area contributed by atoms with E-state index < -0.39 is 0 Å². The summed E-state index contributed by atoms with van der Waals surface area (Å²) in [6, 6.07) is 0.471. The average molecular weight is 140 g/mol. The molecule has 1 atom stereocenters. The van der Waals surface area contributed by atoms with E-state index in [-0.39, 0.29) is 0 Å². The van der Waals surface area contributed by atoms with E-state index in [1.807, 2.05) is 0 Å². The molecule has 0 aromatic heterocycles. The Morgan fingerprint density at radius 1 is 1.30 bits per heavy atom. The Balaban J connectivity index is 1.72. The highest BCUT2D eigenvalue weighted by atomic mass is 15.2. The van der Waals surface area contributed by atoms with Gasteiger partial charge in [0.2, 0.25) is 0 Å². The van der Waals surface area contributed by atoms with Crippen LogP contribution in [0.5, 0.6) is 0 Å². The summed E-state index contributed by atoms with van der Waals surface area (Å²) >= 11 is 0. The predicted octanol–water partition coefficient (Wildman–Crippen LogP) is 0.429. The standard InChI is InChI=1S/C8H16N2/c9-8-3-4-10(6-8)5-7-1-2-7/h7-8H,1-6,9H2. The Hall–Kier alpha value is -0.0800. The molecule has 2 rings (SSSR count). The lowest BCUT2D eigenvalue weighted by Crippen LogP contribution is -2.27. The van der Waals surface area contributed by atoms with Crippen LogP contribution in [-0.2, 0) is 0 Å². The van der Waals surface area contributed by atoms with E-state index >= 15 is 0 Å². The van der Waals surface area contributed by atoms with Gasteiger partial charge in [0.05, 0.1) is 0 Å². The van der Waals surface area contributed by atoms with Gasteiger partial charge in [-0.25, -0.2) is 0 Å². The summed E-state index contributed by atoms with van der Waals surface area (Å²) in [6.45, 7) is 3.72. The van der Waals surface area contributed by atoms with Crippen LogP contribution in [0, 0.1) is 5.92 Å². The van der Waals surface area contributed by atoms with Gasteiger partial charge in [0.1, 0.15) is 0 Å². The second-order valence-electron chi connectivity index (χ2n) is 3.75.